The van der Waals surface area contributed by atoms with E-state index in [9.17, 15) is 13.2 Å². The van der Waals surface area contributed by atoms with Gasteiger partial charge in [-0.25, -0.2) is 13.4 Å². The zero-order valence-corrected chi connectivity index (χ0v) is 19.3. The molecule has 1 amide bonds. The van der Waals surface area contributed by atoms with Crippen LogP contribution >= 0.6 is 0 Å². The van der Waals surface area contributed by atoms with Crippen LogP contribution in [0.15, 0.2) is 30.3 Å². The van der Waals surface area contributed by atoms with Gasteiger partial charge in [-0.05, 0) is 26.0 Å². The molecule has 1 aromatic heterocycles. The van der Waals surface area contributed by atoms with E-state index < -0.39 is 10.0 Å². The Hall–Kier alpha value is -2.27. The van der Waals surface area contributed by atoms with Crippen molar-refractivity contribution in [2.24, 2.45) is 0 Å². The van der Waals surface area contributed by atoms with Crippen LogP contribution in [0.1, 0.15) is 24.2 Å². The molecule has 2 saturated heterocycles. The lowest BCUT2D eigenvalue weighted by atomic mass is 10.1. The molecule has 3 heterocycles. The van der Waals surface area contributed by atoms with Crippen LogP contribution in [0.25, 0.3) is 10.9 Å². The minimum absolute atomic E-state index is 0.0618. The molecule has 10 heteroatoms. The van der Waals surface area contributed by atoms with Gasteiger partial charge in [0.25, 0.3) is 5.91 Å². The highest BCUT2D eigenvalue weighted by atomic mass is 32.2. The number of benzene rings is 1. The van der Waals surface area contributed by atoms with Crippen LogP contribution in [0.2, 0.25) is 0 Å². The Morgan fingerprint density at radius 3 is 2.56 bits per heavy atom. The van der Waals surface area contributed by atoms with Gasteiger partial charge in [0.1, 0.15) is 5.82 Å². The number of carbonyl (C=O) groups is 1. The van der Waals surface area contributed by atoms with E-state index in [1.54, 1.807) is 11.0 Å². The maximum atomic E-state index is 13.2. The SMILES string of the molecule is CC1CN(S(=O)(=O)CCNc2cc(C(=O)N3CCOCC3)c3ccccc3n2)CC(C)O1. The van der Waals surface area contributed by atoms with E-state index in [0.29, 0.717) is 56.3 Å². The Bertz CT molecular complexity index is 1060. The maximum Gasteiger partial charge on any atom is 0.254 e. The average Bonchev–Trinajstić information content (AvgIpc) is 2.78. The number of morpholine rings is 2. The maximum absolute atomic E-state index is 13.2. The molecule has 2 atom stereocenters. The van der Waals surface area contributed by atoms with Crippen molar-refractivity contribution >= 4 is 32.7 Å². The number of para-hydroxylation sites is 1. The summed E-state index contributed by atoms with van der Waals surface area (Å²) in [5.41, 5.74) is 1.24. The lowest BCUT2D eigenvalue weighted by Crippen LogP contribution is -2.49. The number of anilines is 1. The molecule has 2 fully saturated rings. The first-order valence-corrected chi connectivity index (χ1v) is 12.6. The number of amides is 1. The van der Waals surface area contributed by atoms with Gasteiger partial charge in [0, 0.05) is 38.1 Å². The third-order valence-corrected chi connectivity index (χ3v) is 7.50. The van der Waals surface area contributed by atoms with Crippen LogP contribution in [0.3, 0.4) is 0 Å². The molecule has 2 aliphatic rings. The summed E-state index contributed by atoms with van der Waals surface area (Å²) in [7, 11) is -3.43. The lowest BCUT2D eigenvalue weighted by Gasteiger charge is -2.34. The molecule has 0 radical (unpaired) electrons. The molecular weight excluding hydrogens is 432 g/mol. The summed E-state index contributed by atoms with van der Waals surface area (Å²) in [6, 6.07) is 9.19. The average molecular weight is 463 g/mol. The smallest absolute Gasteiger partial charge is 0.254 e. The Balaban J connectivity index is 1.49. The molecule has 2 unspecified atom stereocenters. The molecule has 2 aromatic rings. The minimum atomic E-state index is -3.43. The van der Waals surface area contributed by atoms with Crippen molar-refractivity contribution in [3.63, 3.8) is 0 Å². The number of pyridine rings is 1. The summed E-state index contributed by atoms with van der Waals surface area (Å²) in [5.74, 6) is 0.353. The Morgan fingerprint density at radius 1 is 1.16 bits per heavy atom. The molecule has 174 valence electrons. The highest BCUT2D eigenvalue weighted by Gasteiger charge is 2.30. The fraction of sp³-hybridized carbons (Fsp3) is 0.545. The quantitative estimate of drug-likeness (QED) is 0.695. The molecule has 1 aromatic carbocycles. The number of nitrogens with one attached hydrogen (secondary N) is 1. The van der Waals surface area contributed by atoms with E-state index in [1.165, 1.54) is 4.31 Å². The first-order valence-electron chi connectivity index (χ1n) is 11.0. The fourth-order valence-corrected chi connectivity index (χ4v) is 5.67. The van der Waals surface area contributed by atoms with Gasteiger partial charge in [-0.2, -0.15) is 4.31 Å². The summed E-state index contributed by atoms with van der Waals surface area (Å²) in [6.07, 6.45) is -0.255. The first-order chi connectivity index (χ1) is 15.3. The second-order valence-corrected chi connectivity index (χ2v) is 10.4. The Labute approximate surface area is 188 Å². The van der Waals surface area contributed by atoms with Crippen molar-refractivity contribution in [2.45, 2.75) is 26.1 Å². The van der Waals surface area contributed by atoms with Crippen molar-refractivity contribution < 1.29 is 22.7 Å². The largest absolute Gasteiger partial charge is 0.378 e. The summed E-state index contributed by atoms with van der Waals surface area (Å²) in [5, 5.41) is 3.89. The van der Waals surface area contributed by atoms with Crippen LogP contribution in [0.5, 0.6) is 0 Å². The molecule has 0 spiro atoms. The Kier molecular flexibility index (Phi) is 6.94. The van der Waals surface area contributed by atoms with Gasteiger partial charge in [-0.15, -0.1) is 0 Å². The summed E-state index contributed by atoms with van der Waals surface area (Å²) < 4.78 is 38.1. The van der Waals surface area contributed by atoms with Crippen molar-refractivity contribution in [3.05, 3.63) is 35.9 Å². The summed E-state index contributed by atoms with van der Waals surface area (Å²) in [4.78, 5) is 19.5. The molecular formula is C22H30N4O5S. The predicted molar refractivity (Wildman–Crippen MR) is 122 cm³/mol. The number of hydrogen-bond donors (Lipinski definition) is 1. The van der Waals surface area contributed by atoms with Crippen molar-refractivity contribution in [1.82, 2.24) is 14.2 Å². The van der Waals surface area contributed by atoms with E-state index in [2.05, 4.69) is 10.3 Å². The second kappa shape index (κ2) is 9.70. The standard InChI is InChI=1S/C22H30N4O5S/c1-16-14-26(15-17(2)31-16)32(28,29)12-7-23-21-13-19(18-5-3-4-6-20(18)24-21)22(27)25-8-10-30-11-9-25/h3-6,13,16-17H,7-12,14-15H2,1-2H3,(H,23,24). The van der Waals surface area contributed by atoms with Crippen LogP contribution in [0.4, 0.5) is 5.82 Å². The number of fused-ring (bicyclic) bond motifs is 1. The van der Waals surface area contributed by atoms with Gasteiger partial charge >= 0.3 is 0 Å². The molecule has 0 aliphatic carbocycles. The van der Waals surface area contributed by atoms with Crippen molar-refractivity contribution in [3.8, 4) is 0 Å². The summed E-state index contributed by atoms with van der Waals surface area (Å²) >= 11 is 0. The first kappa shape index (κ1) is 22.9. The van der Waals surface area contributed by atoms with Crippen LogP contribution in [0, 0.1) is 0 Å². The van der Waals surface area contributed by atoms with Gasteiger partial charge < -0.3 is 19.7 Å². The van der Waals surface area contributed by atoms with E-state index in [-0.39, 0.29) is 30.4 Å². The van der Waals surface area contributed by atoms with E-state index in [1.807, 2.05) is 38.1 Å². The van der Waals surface area contributed by atoms with Gasteiger partial charge in [-0.1, -0.05) is 18.2 Å². The van der Waals surface area contributed by atoms with Gasteiger partial charge in [0.2, 0.25) is 10.0 Å². The van der Waals surface area contributed by atoms with Crippen LogP contribution < -0.4 is 5.32 Å². The second-order valence-electron chi connectivity index (χ2n) is 8.29. The molecule has 2 aliphatic heterocycles. The third kappa shape index (κ3) is 5.20. The summed E-state index contributed by atoms with van der Waals surface area (Å²) in [6.45, 7) is 6.81. The molecule has 32 heavy (non-hydrogen) atoms. The lowest BCUT2D eigenvalue weighted by molar-refractivity contribution is -0.0440. The molecule has 1 N–H and O–H groups in total. The van der Waals surface area contributed by atoms with Gasteiger partial charge in [-0.3, -0.25) is 4.79 Å². The molecule has 9 nitrogen and oxygen atoms in total. The predicted octanol–water partition coefficient (Wildman–Crippen LogP) is 1.56. The van der Waals surface area contributed by atoms with Crippen molar-refractivity contribution in [2.75, 3.05) is 57.0 Å². The minimum Gasteiger partial charge on any atom is -0.378 e. The van der Waals surface area contributed by atoms with Crippen LogP contribution in [-0.2, 0) is 19.5 Å². The number of hydrogen-bond acceptors (Lipinski definition) is 7. The number of carbonyl (C=O) groups excluding carboxylic acids is 1. The third-order valence-electron chi connectivity index (χ3n) is 5.69. The molecule has 4 rings (SSSR count). The monoisotopic (exact) mass is 462 g/mol. The zero-order valence-electron chi connectivity index (χ0n) is 18.5. The Morgan fingerprint density at radius 2 is 1.84 bits per heavy atom. The van der Waals surface area contributed by atoms with E-state index >= 15 is 0 Å². The molecule has 0 bridgehead atoms. The number of nitrogens with zero attached hydrogens (tertiary/aromatic N) is 3. The number of rotatable bonds is 6. The topological polar surface area (TPSA) is 101 Å². The number of sulfonamides is 1. The number of aromatic nitrogens is 1. The fourth-order valence-electron chi connectivity index (χ4n) is 4.17. The molecule has 0 saturated carbocycles. The van der Waals surface area contributed by atoms with Crippen LogP contribution in [-0.4, -0.2) is 92.4 Å². The van der Waals surface area contributed by atoms with Gasteiger partial charge in [0.15, 0.2) is 0 Å². The number of ether oxygens (including phenoxy) is 2. The van der Waals surface area contributed by atoms with E-state index in [0.717, 1.165) is 5.39 Å². The highest BCUT2D eigenvalue weighted by Crippen LogP contribution is 2.23. The van der Waals surface area contributed by atoms with Crippen molar-refractivity contribution in [1.29, 1.82) is 0 Å². The van der Waals surface area contributed by atoms with E-state index in [4.69, 9.17) is 9.47 Å². The van der Waals surface area contributed by atoms with Gasteiger partial charge in [0.05, 0.1) is 42.3 Å². The highest BCUT2D eigenvalue weighted by molar-refractivity contribution is 7.89. The normalized spacial score (nSPS) is 22.8. The zero-order chi connectivity index (χ0) is 22.7.